The van der Waals surface area contributed by atoms with Crippen LogP contribution in [0, 0.1) is 0 Å². The molecular formula is C12H13F3N2O5. The second-order valence-corrected chi connectivity index (χ2v) is 4.56. The van der Waals surface area contributed by atoms with Crippen LogP contribution >= 0.6 is 0 Å². The molecule has 2 unspecified atom stereocenters. The van der Waals surface area contributed by atoms with Crippen LogP contribution in [0.5, 0.6) is 0 Å². The van der Waals surface area contributed by atoms with Gasteiger partial charge in [0.25, 0.3) is 5.56 Å². The number of H-pyrrole nitrogens is 1. The minimum atomic E-state index is -4.51. The first kappa shape index (κ1) is 16.5. The highest BCUT2D eigenvalue weighted by Gasteiger charge is 2.28. The number of aliphatic hydroxyl groups is 1. The summed E-state index contributed by atoms with van der Waals surface area (Å²) in [6.07, 6.45) is -1.86. The molecular weight excluding hydrogens is 309 g/mol. The molecule has 2 rings (SSSR count). The smallest absolute Gasteiger partial charge is 0.393 e. The van der Waals surface area contributed by atoms with Crippen molar-refractivity contribution < 1.29 is 27.8 Å². The van der Waals surface area contributed by atoms with Gasteiger partial charge < -0.3 is 14.6 Å². The molecule has 2 atom stereocenters. The zero-order valence-electron chi connectivity index (χ0n) is 11.2. The molecule has 0 spiro atoms. The van der Waals surface area contributed by atoms with E-state index in [0.29, 0.717) is 0 Å². The number of hydrogen-bond acceptors (Lipinski definition) is 5. The van der Waals surface area contributed by atoms with Gasteiger partial charge in [-0.15, -0.1) is 0 Å². The second-order valence-electron chi connectivity index (χ2n) is 4.56. The summed E-state index contributed by atoms with van der Waals surface area (Å²) in [7, 11) is 0. The molecule has 1 aliphatic rings. The van der Waals surface area contributed by atoms with Gasteiger partial charge in [0, 0.05) is 6.20 Å². The lowest BCUT2D eigenvalue weighted by Gasteiger charge is -2.15. The maximum Gasteiger partial charge on any atom is 0.411 e. The first-order valence-electron chi connectivity index (χ1n) is 6.23. The summed E-state index contributed by atoms with van der Waals surface area (Å²) in [6, 6.07) is 0. The summed E-state index contributed by atoms with van der Waals surface area (Å²) in [5, 5.41) is 8.94. The van der Waals surface area contributed by atoms with Gasteiger partial charge in [-0.25, -0.2) is 4.79 Å². The van der Waals surface area contributed by atoms with E-state index >= 15 is 0 Å². The summed E-state index contributed by atoms with van der Waals surface area (Å²) in [4.78, 5) is 25.3. The molecule has 0 saturated carbocycles. The number of aromatic nitrogens is 2. The molecule has 10 heteroatoms. The fraction of sp³-hybridized carbons (Fsp3) is 0.500. The lowest BCUT2D eigenvalue weighted by molar-refractivity contribution is -0.176. The monoisotopic (exact) mass is 322 g/mol. The third-order valence-electron chi connectivity index (χ3n) is 2.82. The van der Waals surface area contributed by atoms with E-state index in [0.717, 1.165) is 10.8 Å². The van der Waals surface area contributed by atoms with E-state index in [1.54, 1.807) is 0 Å². The van der Waals surface area contributed by atoms with Crippen LogP contribution in [0.25, 0.3) is 0 Å². The van der Waals surface area contributed by atoms with Gasteiger partial charge in [-0.2, -0.15) is 13.2 Å². The number of alkyl halides is 3. The van der Waals surface area contributed by atoms with E-state index in [2.05, 4.69) is 4.74 Å². The molecule has 7 nitrogen and oxygen atoms in total. The van der Waals surface area contributed by atoms with Crippen molar-refractivity contribution in [2.24, 2.45) is 0 Å². The average molecular weight is 322 g/mol. The minimum Gasteiger partial charge on any atom is -0.393 e. The van der Waals surface area contributed by atoms with Crippen LogP contribution in [0.4, 0.5) is 13.2 Å². The number of ether oxygens (including phenoxy) is 2. The molecule has 22 heavy (non-hydrogen) atoms. The molecule has 2 heterocycles. The van der Waals surface area contributed by atoms with Crippen molar-refractivity contribution in [3.05, 3.63) is 44.8 Å². The van der Waals surface area contributed by atoms with Crippen molar-refractivity contribution in [1.82, 2.24) is 9.55 Å². The Morgan fingerprint density at radius 1 is 1.36 bits per heavy atom. The number of halogens is 3. The first-order valence-corrected chi connectivity index (χ1v) is 6.23. The Labute approximate surface area is 121 Å². The van der Waals surface area contributed by atoms with Gasteiger partial charge in [0.15, 0.2) is 6.23 Å². The third kappa shape index (κ3) is 4.06. The molecule has 1 aliphatic heterocycles. The Morgan fingerprint density at radius 3 is 2.68 bits per heavy atom. The average Bonchev–Trinajstić information content (AvgIpc) is 2.88. The van der Waals surface area contributed by atoms with Crippen molar-refractivity contribution in [1.29, 1.82) is 0 Å². The van der Waals surface area contributed by atoms with Crippen LogP contribution in [0.1, 0.15) is 11.8 Å². The largest absolute Gasteiger partial charge is 0.411 e. The van der Waals surface area contributed by atoms with Gasteiger partial charge in [-0.3, -0.25) is 14.3 Å². The number of rotatable bonds is 5. The fourth-order valence-corrected chi connectivity index (χ4v) is 1.85. The molecule has 1 aromatic heterocycles. The molecule has 0 aliphatic carbocycles. The van der Waals surface area contributed by atoms with E-state index < -0.39 is 43.0 Å². The minimum absolute atomic E-state index is 0.145. The van der Waals surface area contributed by atoms with Gasteiger partial charge in [0.1, 0.15) is 12.7 Å². The highest BCUT2D eigenvalue weighted by atomic mass is 19.4. The van der Waals surface area contributed by atoms with Gasteiger partial charge in [-0.05, 0) is 6.08 Å². The van der Waals surface area contributed by atoms with Gasteiger partial charge in [0.05, 0.1) is 18.8 Å². The SMILES string of the molecule is O=c1[nH]c(=O)n(C2C=CC(CO)O2)cc1COCC(F)(F)F. The van der Waals surface area contributed by atoms with Gasteiger partial charge in [-0.1, -0.05) is 6.08 Å². The summed E-state index contributed by atoms with van der Waals surface area (Å²) >= 11 is 0. The molecule has 0 fully saturated rings. The molecule has 0 aromatic carbocycles. The van der Waals surface area contributed by atoms with E-state index in [1.165, 1.54) is 12.2 Å². The molecule has 0 saturated heterocycles. The van der Waals surface area contributed by atoms with Crippen LogP contribution in [0.2, 0.25) is 0 Å². The van der Waals surface area contributed by atoms with E-state index in [1.807, 2.05) is 4.98 Å². The Balaban J connectivity index is 2.16. The summed E-state index contributed by atoms with van der Waals surface area (Å²) in [5.41, 5.74) is -1.75. The van der Waals surface area contributed by atoms with Crippen molar-refractivity contribution in [3.8, 4) is 0 Å². The zero-order chi connectivity index (χ0) is 16.3. The molecule has 0 bridgehead atoms. The van der Waals surface area contributed by atoms with Crippen molar-refractivity contribution >= 4 is 0 Å². The molecule has 2 N–H and O–H groups in total. The summed E-state index contributed by atoms with van der Waals surface area (Å²) in [5.74, 6) is 0. The molecule has 1 aromatic rings. The van der Waals surface area contributed by atoms with Crippen molar-refractivity contribution in [2.45, 2.75) is 25.1 Å². The van der Waals surface area contributed by atoms with Gasteiger partial charge in [0.2, 0.25) is 0 Å². The van der Waals surface area contributed by atoms with E-state index in [-0.39, 0.29) is 12.2 Å². The van der Waals surface area contributed by atoms with Crippen LogP contribution in [-0.4, -0.2) is 40.2 Å². The number of hydrogen-bond donors (Lipinski definition) is 2. The highest BCUT2D eigenvalue weighted by molar-refractivity contribution is 5.07. The third-order valence-corrected chi connectivity index (χ3v) is 2.82. The predicted octanol–water partition coefficient (Wildman–Crippen LogP) is 0.0614. The molecule has 122 valence electrons. The fourth-order valence-electron chi connectivity index (χ4n) is 1.85. The van der Waals surface area contributed by atoms with Crippen LogP contribution in [-0.2, 0) is 16.1 Å². The lowest BCUT2D eigenvalue weighted by Crippen LogP contribution is -2.34. The zero-order valence-corrected chi connectivity index (χ0v) is 11.2. The maximum atomic E-state index is 12.0. The highest BCUT2D eigenvalue weighted by Crippen LogP contribution is 2.19. The quantitative estimate of drug-likeness (QED) is 0.748. The summed E-state index contributed by atoms with van der Waals surface area (Å²) in [6.45, 7) is -2.39. The summed E-state index contributed by atoms with van der Waals surface area (Å²) < 4.78 is 46.7. The number of nitrogens with zero attached hydrogens (tertiary/aromatic N) is 1. The normalized spacial score (nSPS) is 21.5. The number of nitrogens with one attached hydrogen (secondary N) is 1. The van der Waals surface area contributed by atoms with Crippen LogP contribution < -0.4 is 11.2 Å². The van der Waals surface area contributed by atoms with Crippen LogP contribution in [0.15, 0.2) is 27.9 Å². The van der Waals surface area contributed by atoms with E-state index in [9.17, 15) is 22.8 Å². The standard InChI is InChI=1S/C12H13F3N2O5/c13-12(14,15)6-21-5-7-3-17(11(20)16-10(7)19)9-2-1-8(4-18)22-9/h1-3,8-9,18H,4-6H2,(H,16,19,20). The van der Waals surface area contributed by atoms with E-state index in [4.69, 9.17) is 9.84 Å². The van der Waals surface area contributed by atoms with Crippen molar-refractivity contribution in [2.75, 3.05) is 13.2 Å². The Bertz CT molecular complexity index is 664. The Morgan fingerprint density at radius 2 is 2.09 bits per heavy atom. The lowest BCUT2D eigenvalue weighted by atomic mass is 10.3. The Kier molecular flexibility index (Phi) is 4.84. The Hall–Kier alpha value is -1.91. The topological polar surface area (TPSA) is 93.6 Å². The van der Waals surface area contributed by atoms with Gasteiger partial charge >= 0.3 is 11.9 Å². The van der Waals surface area contributed by atoms with Crippen LogP contribution in [0.3, 0.4) is 0 Å². The maximum absolute atomic E-state index is 12.0. The van der Waals surface area contributed by atoms with Crippen molar-refractivity contribution in [3.63, 3.8) is 0 Å². The predicted molar refractivity (Wildman–Crippen MR) is 67.2 cm³/mol. The number of aliphatic hydroxyl groups excluding tert-OH is 1. The molecule has 0 amide bonds. The first-order chi connectivity index (χ1) is 10.3. The number of aromatic amines is 1. The second kappa shape index (κ2) is 6.46. The molecule has 0 radical (unpaired) electrons.